The highest BCUT2D eigenvalue weighted by molar-refractivity contribution is 6.36. The van der Waals surface area contributed by atoms with Gasteiger partial charge in [0.1, 0.15) is 21.7 Å². The molecule has 1 aliphatic carbocycles. The van der Waals surface area contributed by atoms with E-state index in [0.29, 0.717) is 37.5 Å². The summed E-state index contributed by atoms with van der Waals surface area (Å²) >= 11 is 12.1. The summed E-state index contributed by atoms with van der Waals surface area (Å²) in [6, 6.07) is 3.40. The number of fused-ring (bicyclic) bond motifs is 1. The first-order chi connectivity index (χ1) is 17.1. The molecule has 1 saturated carbocycles. The van der Waals surface area contributed by atoms with Gasteiger partial charge in [0.05, 0.1) is 26.0 Å². The molecular weight excluding hydrogens is 507 g/mol. The van der Waals surface area contributed by atoms with E-state index < -0.39 is 11.7 Å². The number of rotatable bonds is 9. The smallest absolute Gasteiger partial charge is 0.407 e. The molecule has 0 bridgehead atoms. The fourth-order valence-corrected chi connectivity index (χ4v) is 4.20. The third-order valence-corrected chi connectivity index (χ3v) is 5.96. The molecule has 0 saturated heterocycles. The summed E-state index contributed by atoms with van der Waals surface area (Å²) in [6.45, 7) is 7.18. The minimum Gasteiger partial charge on any atom is -0.444 e. The number of hydrogen-bond donors (Lipinski definition) is 2. The van der Waals surface area contributed by atoms with E-state index in [1.807, 2.05) is 27.0 Å². The first-order valence-electron chi connectivity index (χ1n) is 11.6. The third-order valence-electron chi connectivity index (χ3n) is 5.48. The second kappa shape index (κ2) is 11.0. The Kier molecular flexibility index (Phi) is 7.97. The maximum atomic E-state index is 12.7. The molecule has 0 aromatic carbocycles. The van der Waals surface area contributed by atoms with E-state index in [0.717, 1.165) is 17.4 Å². The molecular formula is C24H28Cl2N6O4. The summed E-state index contributed by atoms with van der Waals surface area (Å²) in [5.74, 6) is 0.323. The number of carbonyl (C=O) groups is 2. The number of halogens is 2. The van der Waals surface area contributed by atoms with E-state index in [9.17, 15) is 9.59 Å². The van der Waals surface area contributed by atoms with Crippen molar-refractivity contribution in [2.75, 3.05) is 25.1 Å². The van der Waals surface area contributed by atoms with Gasteiger partial charge in [0, 0.05) is 30.2 Å². The second-order valence-corrected chi connectivity index (χ2v) is 10.3. The van der Waals surface area contributed by atoms with Gasteiger partial charge in [0.25, 0.3) is 0 Å². The van der Waals surface area contributed by atoms with E-state index in [-0.39, 0.29) is 28.0 Å². The number of nitrogens with one attached hydrogen (secondary N) is 2. The molecule has 2 N–H and O–H groups in total. The van der Waals surface area contributed by atoms with Gasteiger partial charge in [0.2, 0.25) is 5.91 Å². The Morgan fingerprint density at radius 1 is 1.19 bits per heavy atom. The molecule has 2 amide bonds. The van der Waals surface area contributed by atoms with E-state index in [1.54, 1.807) is 29.2 Å². The predicted molar refractivity (Wildman–Crippen MR) is 136 cm³/mol. The predicted octanol–water partition coefficient (Wildman–Crippen LogP) is 4.42. The van der Waals surface area contributed by atoms with Crippen LogP contribution in [0.1, 0.15) is 38.7 Å². The third kappa shape index (κ3) is 7.05. The molecule has 0 unspecified atom stereocenters. The van der Waals surface area contributed by atoms with Crippen LogP contribution in [0.4, 0.5) is 10.6 Å². The second-order valence-electron chi connectivity index (χ2n) is 9.54. The van der Waals surface area contributed by atoms with Crippen molar-refractivity contribution >= 4 is 51.8 Å². The van der Waals surface area contributed by atoms with Crippen molar-refractivity contribution in [1.82, 2.24) is 25.1 Å². The van der Waals surface area contributed by atoms with Crippen LogP contribution in [0.3, 0.4) is 0 Å². The van der Waals surface area contributed by atoms with Gasteiger partial charge in [-0.3, -0.25) is 9.48 Å². The number of nitrogens with zero attached hydrogens (tertiary/aromatic N) is 4. The highest BCUT2D eigenvalue weighted by atomic mass is 35.5. The first kappa shape index (κ1) is 26.1. The molecule has 3 heterocycles. The molecule has 1 aliphatic rings. The van der Waals surface area contributed by atoms with E-state index in [4.69, 9.17) is 32.7 Å². The standard InChI is InChI=1S/C24H28Cl2N6O4/c1-24(2,3)36-23(34)27-4-6-35-7-5-32-13-15(11-29-32)16-10-17(16)22(33)31-20-9-14-8-19(25)30-21(26)18(14)12-28-20/h8-9,11-13,16-17H,4-7,10H2,1-3H3,(H,27,34)(H,28,31,33)/t16-,17+/m0/s1. The van der Waals surface area contributed by atoms with Gasteiger partial charge in [-0.25, -0.2) is 14.8 Å². The molecule has 36 heavy (non-hydrogen) atoms. The van der Waals surface area contributed by atoms with Crippen molar-refractivity contribution in [2.45, 2.75) is 45.3 Å². The summed E-state index contributed by atoms with van der Waals surface area (Å²) in [4.78, 5) is 32.6. The van der Waals surface area contributed by atoms with E-state index in [1.165, 1.54) is 0 Å². The monoisotopic (exact) mass is 534 g/mol. The number of pyridine rings is 2. The summed E-state index contributed by atoms with van der Waals surface area (Å²) in [5, 5.41) is 11.8. The van der Waals surface area contributed by atoms with E-state index in [2.05, 4.69) is 25.7 Å². The molecule has 12 heteroatoms. The molecule has 192 valence electrons. The largest absolute Gasteiger partial charge is 0.444 e. The van der Waals surface area contributed by atoms with Crippen molar-refractivity contribution in [1.29, 1.82) is 0 Å². The number of ether oxygens (including phenoxy) is 2. The van der Waals surface area contributed by atoms with E-state index >= 15 is 0 Å². The fraction of sp³-hybridized carbons (Fsp3) is 0.458. The van der Waals surface area contributed by atoms with Crippen molar-refractivity contribution in [3.05, 3.63) is 46.6 Å². The molecule has 0 radical (unpaired) electrons. The zero-order chi connectivity index (χ0) is 25.9. The van der Waals surface area contributed by atoms with Crippen LogP contribution in [0.25, 0.3) is 10.8 Å². The van der Waals surface area contributed by atoms with Gasteiger partial charge in [0.15, 0.2) is 0 Å². The van der Waals surface area contributed by atoms with Crippen LogP contribution in [0.5, 0.6) is 0 Å². The van der Waals surface area contributed by atoms with Crippen molar-refractivity contribution in [3.8, 4) is 0 Å². The van der Waals surface area contributed by atoms with Gasteiger partial charge in [-0.15, -0.1) is 0 Å². The lowest BCUT2D eigenvalue weighted by Gasteiger charge is -2.19. The first-order valence-corrected chi connectivity index (χ1v) is 12.3. The quantitative estimate of drug-likeness (QED) is 0.308. The topological polar surface area (TPSA) is 120 Å². The molecule has 0 aliphatic heterocycles. The Hall–Kier alpha value is -2.95. The van der Waals surface area contributed by atoms with Crippen LogP contribution in [0, 0.1) is 5.92 Å². The number of anilines is 1. The lowest BCUT2D eigenvalue weighted by molar-refractivity contribution is -0.117. The van der Waals surface area contributed by atoms with Gasteiger partial charge in [-0.1, -0.05) is 23.2 Å². The lowest BCUT2D eigenvalue weighted by atomic mass is 10.2. The molecule has 3 aromatic heterocycles. The zero-order valence-electron chi connectivity index (χ0n) is 20.3. The van der Waals surface area contributed by atoms with Gasteiger partial charge in [-0.05, 0) is 56.2 Å². The average Bonchev–Trinajstić information content (AvgIpc) is 3.45. The van der Waals surface area contributed by atoms with Crippen LogP contribution < -0.4 is 10.6 Å². The summed E-state index contributed by atoms with van der Waals surface area (Å²) in [5.41, 5.74) is 0.483. The SMILES string of the molecule is CC(C)(C)OC(=O)NCCOCCn1cc([C@@H]2C[C@H]2C(=O)Nc2cc3cc(Cl)nc(Cl)c3cn2)cn1. The Balaban J connectivity index is 1.19. The number of amides is 2. The van der Waals surface area contributed by atoms with Crippen LogP contribution in [0.15, 0.2) is 30.7 Å². The van der Waals surface area contributed by atoms with Gasteiger partial charge in [-0.2, -0.15) is 5.10 Å². The minimum absolute atomic E-state index is 0.0910. The molecule has 3 aromatic rings. The number of alkyl carbamates (subject to hydrolysis) is 1. The maximum Gasteiger partial charge on any atom is 0.407 e. The molecule has 10 nitrogen and oxygen atoms in total. The van der Waals surface area contributed by atoms with Crippen molar-refractivity contribution in [2.24, 2.45) is 5.92 Å². The molecule has 0 spiro atoms. The fourth-order valence-electron chi connectivity index (χ4n) is 3.71. The normalized spacial score (nSPS) is 17.1. The number of carbonyl (C=O) groups excluding carboxylic acids is 2. The van der Waals surface area contributed by atoms with Crippen LogP contribution in [0.2, 0.25) is 10.3 Å². The number of hydrogen-bond acceptors (Lipinski definition) is 7. The van der Waals surface area contributed by atoms with Crippen molar-refractivity contribution < 1.29 is 19.1 Å². The Labute approximate surface area is 218 Å². The summed E-state index contributed by atoms with van der Waals surface area (Å²) < 4.78 is 12.5. The molecule has 2 atom stereocenters. The minimum atomic E-state index is -0.529. The molecule has 4 rings (SSSR count). The van der Waals surface area contributed by atoms with Crippen LogP contribution in [-0.2, 0) is 20.8 Å². The highest BCUT2D eigenvalue weighted by Crippen LogP contribution is 2.47. The highest BCUT2D eigenvalue weighted by Gasteiger charge is 2.44. The summed E-state index contributed by atoms with van der Waals surface area (Å²) in [7, 11) is 0. The van der Waals surface area contributed by atoms with Crippen LogP contribution >= 0.6 is 23.2 Å². The Bertz CT molecular complexity index is 1260. The van der Waals surface area contributed by atoms with Gasteiger partial charge >= 0.3 is 6.09 Å². The van der Waals surface area contributed by atoms with Gasteiger partial charge < -0.3 is 20.1 Å². The molecule has 1 fully saturated rings. The lowest BCUT2D eigenvalue weighted by Crippen LogP contribution is -2.34. The average molecular weight is 535 g/mol. The van der Waals surface area contributed by atoms with Crippen LogP contribution in [-0.4, -0.2) is 57.1 Å². The zero-order valence-corrected chi connectivity index (χ0v) is 21.8. The Morgan fingerprint density at radius 3 is 2.78 bits per heavy atom. The summed E-state index contributed by atoms with van der Waals surface area (Å²) in [6.07, 6.45) is 5.58. The maximum absolute atomic E-state index is 12.7. The van der Waals surface area contributed by atoms with Crippen molar-refractivity contribution in [3.63, 3.8) is 0 Å². The Morgan fingerprint density at radius 2 is 2.00 bits per heavy atom. The number of aromatic nitrogens is 4.